The predicted molar refractivity (Wildman–Crippen MR) is 177 cm³/mol. The molecule has 2 saturated heterocycles. The molecule has 2 fully saturated rings. The molecule has 2 aromatic carbocycles. The second-order valence-corrected chi connectivity index (χ2v) is 13.2. The van der Waals surface area contributed by atoms with Gasteiger partial charge >= 0.3 is 12.1 Å². The van der Waals surface area contributed by atoms with E-state index in [1.807, 2.05) is 29.2 Å². The van der Waals surface area contributed by atoms with Gasteiger partial charge < -0.3 is 29.7 Å². The molecule has 3 aliphatic rings. The lowest BCUT2D eigenvalue weighted by Crippen LogP contribution is -2.54. The second kappa shape index (κ2) is 15.5. The number of anilines is 1. The number of carbonyl (C=O) groups excluding carboxylic acids is 3. The largest absolute Gasteiger partial charge is 0.436 e. The van der Waals surface area contributed by atoms with E-state index >= 15 is 0 Å². The number of nitrogens with zero attached hydrogens (tertiary/aromatic N) is 5. The summed E-state index contributed by atoms with van der Waals surface area (Å²) in [6, 6.07) is 13.0. The van der Waals surface area contributed by atoms with Gasteiger partial charge in [-0.25, -0.2) is 9.59 Å². The number of ether oxygens (including phenoxy) is 1. The van der Waals surface area contributed by atoms with Crippen molar-refractivity contribution in [1.29, 1.82) is 0 Å². The number of nitrogens with one attached hydrogen (secondary N) is 1. The lowest BCUT2D eigenvalue weighted by Gasteiger charge is -2.38. The Morgan fingerprint density at radius 2 is 1.69 bits per heavy atom. The standard InChI is InChI=1S/C33H44Cl2N6O4/c1-37(2)13-5-14-38-18-20-39(21-19-38)31(42)30(23-24-8-9-27(34)28(35)22-24)45-33(44)40-15-11-26(12-16-40)41-17-10-25-6-3-4-7-29(25)36-32(41)43/h3-4,6-9,22,26,30H,5,10-21,23H2,1-2H3,(H,36,43). The quantitative estimate of drug-likeness (QED) is 0.421. The van der Waals surface area contributed by atoms with E-state index < -0.39 is 12.2 Å². The number of fused-ring (bicyclic) bond motifs is 1. The molecule has 3 heterocycles. The highest BCUT2D eigenvalue weighted by atomic mass is 35.5. The molecule has 0 aromatic heterocycles. The summed E-state index contributed by atoms with van der Waals surface area (Å²) in [5.41, 5.74) is 2.75. The summed E-state index contributed by atoms with van der Waals surface area (Å²) in [5, 5.41) is 3.85. The number of piperidine rings is 1. The molecule has 3 aliphatic heterocycles. The van der Waals surface area contributed by atoms with Crippen LogP contribution in [0.1, 0.15) is 30.4 Å². The van der Waals surface area contributed by atoms with E-state index in [1.54, 1.807) is 28.0 Å². The molecule has 0 aliphatic carbocycles. The van der Waals surface area contributed by atoms with Gasteiger partial charge in [-0.3, -0.25) is 9.69 Å². The lowest BCUT2D eigenvalue weighted by molar-refractivity contribution is -0.142. The van der Waals surface area contributed by atoms with E-state index in [4.69, 9.17) is 27.9 Å². The molecule has 244 valence electrons. The number of hydrogen-bond acceptors (Lipinski definition) is 6. The Balaban J connectivity index is 1.18. The number of rotatable bonds is 9. The maximum Gasteiger partial charge on any atom is 0.410 e. The van der Waals surface area contributed by atoms with E-state index in [-0.39, 0.29) is 24.4 Å². The van der Waals surface area contributed by atoms with Crippen LogP contribution >= 0.6 is 23.2 Å². The zero-order chi connectivity index (χ0) is 31.9. The third-order valence-corrected chi connectivity index (χ3v) is 9.73. The molecule has 10 nitrogen and oxygen atoms in total. The molecule has 1 unspecified atom stereocenters. The van der Waals surface area contributed by atoms with Crippen molar-refractivity contribution in [2.75, 3.05) is 78.3 Å². The third-order valence-electron chi connectivity index (χ3n) is 8.99. The molecular formula is C33H44Cl2N6O4. The molecule has 0 bridgehead atoms. The van der Waals surface area contributed by atoms with Crippen molar-refractivity contribution in [3.8, 4) is 0 Å². The van der Waals surface area contributed by atoms with Crippen LogP contribution in [0.15, 0.2) is 42.5 Å². The maximum atomic E-state index is 13.8. The molecule has 2 aromatic rings. The van der Waals surface area contributed by atoms with Crippen molar-refractivity contribution in [3.63, 3.8) is 0 Å². The van der Waals surface area contributed by atoms with E-state index in [2.05, 4.69) is 29.2 Å². The highest BCUT2D eigenvalue weighted by molar-refractivity contribution is 6.42. The van der Waals surface area contributed by atoms with Gasteiger partial charge in [-0.2, -0.15) is 0 Å². The van der Waals surface area contributed by atoms with Crippen LogP contribution in [0, 0.1) is 0 Å². The maximum absolute atomic E-state index is 13.8. The summed E-state index contributed by atoms with van der Waals surface area (Å²) in [6.07, 6.45) is 1.84. The molecule has 45 heavy (non-hydrogen) atoms. The van der Waals surface area contributed by atoms with Crippen molar-refractivity contribution in [1.82, 2.24) is 24.5 Å². The fourth-order valence-corrected chi connectivity index (χ4v) is 6.68. The monoisotopic (exact) mass is 658 g/mol. The Morgan fingerprint density at radius 1 is 0.956 bits per heavy atom. The number of carbonyl (C=O) groups is 3. The predicted octanol–water partition coefficient (Wildman–Crippen LogP) is 4.69. The SMILES string of the molecule is CN(C)CCCN1CCN(C(=O)C(Cc2ccc(Cl)c(Cl)c2)OC(=O)N2CCC(N3CCc4ccccc4NC3=O)CC2)CC1. The van der Waals surface area contributed by atoms with Crippen LogP contribution in [0.25, 0.3) is 0 Å². The number of hydrogen-bond donors (Lipinski definition) is 1. The van der Waals surface area contributed by atoms with Crippen molar-refractivity contribution >= 4 is 46.9 Å². The molecular weight excluding hydrogens is 615 g/mol. The first kappa shape index (κ1) is 33.3. The Labute approximate surface area is 276 Å². The van der Waals surface area contributed by atoms with Crippen molar-refractivity contribution in [2.24, 2.45) is 0 Å². The van der Waals surface area contributed by atoms with Crippen LogP contribution in [-0.4, -0.2) is 128 Å². The molecule has 4 amide bonds. The Kier molecular flexibility index (Phi) is 11.5. The van der Waals surface area contributed by atoms with Crippen molar-refractivity contribution < 1.29 is 19.1 Å². The van der Waals surface area contributed by atoms with Crippen LogP contribution in [-0.2, 0) is 22.4 Å². The van der Waals surface area contributed by atoms with Crippen LogP contribution in [0.3, 0.4) is 0 Å². The average molecular weight is 660 g/mol. The van der Waals surface area contributed by atoms with Gasteiger partial charge in [0.15, 0.2) is 6.10 Å². The zero-order valence-electron chi connectivity index (χ0n) is 26.2. The second-order valence-electron chi connectivity index (χ2n) is 12.4. The number of halogens is 2. The summed E-state index contributed by atoms with van der Waals surface area (Å²) < 4.78 is 5.97. The minimum atomic E-state index is -0.984. The van der Waals surface area contributed by atoms with Gasteiger partial charge in [-0.05, 0) is 82.2 Å². The molecule has 0 saturated carbocycles. The molecule has 0 spiro atoms. The fraction of sp³-hybridized carbons (Fsp3) is 0.545. The number of piperazine rings is 1. The van der Waals surface area contributed by atoms with Gasteiger partial charge in [-0.15, -0.1) is 0 Å². The molecule has 5 rings (SSSR count). The summed E-state index contributed by atoms with van der Waals surface area (Å²) in [7, 11) is 4.14. The highest BCUT2D eigenvalue weighted by Gasteiger charge is 2.35. The van der Waals surface area contributed by atoms with Gasteiger partial charge in [-0.1, -0.05) is 47.5 Å². The van der Waals surface area contributed by atoms with Gasteiger partial charge in [0, 0.05) is 64.0 Å². The van der Waals surface area contributed by atoms with Crippen LogP contribution in [0.5, 0.6) is 0 Å². The number of likely N-dealkylation sites (tertiary alicyclic amines) is 1. The van der Waals surface area contributed by atoms with Crippen LogP contribution in [0.2, 0.25) is 10.0 Å². The van der Waals surface area contributed by atoms with E-state index in [0.717, 1.165) is 55.8 Å². The normalized spacial score (nSPS) is 18.8. The first-order chi connectivity index (χ1) is 21.7. The molecule has 1 atom stereocenters. The van der Waals surface area contributed by atoms with Crippen molar-refractivity contribution in [3.05, 3.63) is 63.6 Å². The van der Waals surface area contributed by atoms with Gasteiger partial charge in [0.05, 0.1) is 10.0 Å². The zero-order valence-corrected chi connectivity index (χ0v) is 27.7. The average Bonchev–Trinajstić information content (AvgIpc) is 3.20. The number of urea groups is 1. The first-order valence-corrected chi connectivity index (χ1v) is 16.6. The van der Waals surface area contributed by atoms with Gasteiger partial charge in [0.25, 0.3) is 5.91 Å². The highest BCUT2D eigenvalue weighted by Crippen LogP contribution is 2.26. The van der Waals surface area contributed by atoms with Crippen LogP contribution < -0.4 is 5.32 Å². The minimum absolute atomic E-state index is 0.0195. The topological polar surface area (TPSA) is 88.7 Å². The smallest absolute Gasteiger partial charge is 0.410 e. The van der Waals surface area contributed by atoms with Gasteiger partial charge in [0.1, 0.15) is 0 Å². The molecule has 1 N–H and O–H groups in total. The molecule has 12 heteroatoms. The first-order valence-electron chi connectivity index (χ1n) is 15.9. The van der Waals surface area contributed by atoms with Crippen LogP contribution in [0.4, 0.5) is 15.3 Å². The van der Waals surface area contributed by atoms with Crippen molar-refractivity contribution in [2.45, 2.75) is 44.2 Å². The van der Waals surface area contributed by atoms with E-state index in [1.165, 1.54) is 0 Å². The fourth-order valence-electron chi connectivity index (χ4n) is 6.36. The van der Waals surface area contributed by atoms with Gasteiger partial charge in [0.2, 0.25) is 0 Å². The third kappa shape index (κ3) is 8.82. The number of amides is 4. The Bertz CT molecular complexity index is 1340. The number of benzene rings is 2. The number of para-hydroxylation sites is 1. The lowest BCUT2D eigenvalue weighted by atomic mass is 10.0. The van der Waals surface area contributed by atoms with E-state index in [9.17, 15) is 14.4 Å². The summed E-state index contributed by atoms with van der Waals surface area (Å²) in [5.74, 6) is -0.196. The summed E-state index contributed by atoms with van der Waals surface area (Å²) >= 11 is 12.4. The Hall–Kier alpha value is -3.05. The van der Waals surface area contributed by atoms with E-state index in [0.29, 0.717) is 55.6 Å². The summed E-state index contributed by atoms with van der Waals surface area (Å²) in [4.78, 5) is 50.2. The molecule has 0 radical (unpaired) electrons. The Morgan fingerprint density at radius 3 is 2.40 bits per heavy atom. The minimum Gasteiger partial charge on any atom is -0.436 e. The summed E-state index contributed by atoms with van der Waals surface area (Å²) in [6.45, 7) is 6.28.